The normalized spacial score (nSPS) is 9.52. The van der Waals surface area contributed by atoms with Crippen molar-refractivity contribution in [1.29, 1.82) is 0 Å². The van der Waals surface area contributed by atoms with Gasteiger partial charge >= 0.3 is 0 Å². The Kier molecular flexibility index (Phi) is 5.77. The third kappa shape index (κ3) is 4.06. The molecule has 2 heterocycles. The van der Waals surface area contributed by atoms with Crippen LogP contribution < -0.4 is 0 Å². The van der Waals surface area contributed by atoms with Crippen LogP contribution in [-0.2, 0) is 26.2 Å². The van der Waals surface area contributed by atoms with Crippen molar-refractivity contribution in [2.45, 2.75) is 0 Å². The molecule has 0 N–H and O–H groups in total. The van der Waals surface area contributed by atoms with Gasteiger partial charge in [0.2, 0.25) is 0 Å². The maximum absolute atomic E-state index is 4.18. The summed E-state index contributed by atoms with van der Waals surface area (Å²) in [6.07, 6.45) is 3.62. The van der Waals surface area contributed by atoms with Gasteiger partial charge in [0.15, 0.2) is 0 Å². The molecule has 2 aromatic carbocycles. The molecular formula is C18H14N2Zr. The van der Waals surface area contributed by atoms with E-state index in [1.54, 1.807) is 0 Å². The van der Waals surface area contributed by atoms with Crippen LogP contribution in [0, 0.1) is 0 Å². The van der Waals surface area contributed by atoms with Gasteiger partial charge in [-0.3, -0.25) is 9.97 Å². The van der Waals surface area contributed by atoms with Crippen LogP contribution in [0.15, 0.2) is 85.2 Å². The Morgan fingerprint density at radius 3 is 1.29 bits per heavy atom. The van der Waals surface area contributed by atoms with E-state index < -0.39 is 0 Å². The van der Waals surface area contributed by atoms with Gasteiger partial charge in [0.25, 0.3) is 0 Å². The number of aromatic nitrogens is 2. The number of pyridine rings is 2. The van der Waals surface area contributed by atoms with Crippen LogP contribution >= 0.6 is 0 Å². The number of nitrogens with zero attached hydrogens (tertiary/aromatic N) is 2. The first kappa shape index (κ1) is 15.5. The quantitative estimate of drug-likeness (QED) is 0.468. The van der Waals surface area contributed by atoms with E-state index in [9.17, 15) is 0 Å². The maximum Gasteiger partial charge on any atom is 0.0701 e. The van der Waals surface area contributed by atoms with Gasteiger partial charge in [0, 0.05) is 49.4 Å². The van der Waals surface area contributed by atoms with Crippen molar-refractivity contribution in [2.75, 3.05) is 0 Å². The second-order valence-electron chi connectivity index (χ2n) is 4.39. The van der Waals surface area contributed by atoms with Gasteiger partial charge in [0.05, 0.1) is 11.0 Å². The number of rotatable bonds is 0. The van der Waals surface area contributed by atoms with E-state index in [-0.39, 0.29) is 26.2 Å². The molecule has 21 heavy (non-hydrogen) atoms. The SMILES string of the molecule is [Zr].c1ccc2ncccc2c1.c1ccc2ncccc2c1. The molecule has 0 fully saturated rings. The number of hydrogen-bond acceptors (Lipinski definition) is 2. The molecular weight excluding hydrogens is 335 g/mol. The van der Waals surface area contributed by atoms with Crippen molar-refractivity contribution >= 4 is 21.8 Å². The number of para-hydroxylation sites is 2. The average molecular weight is 350 g/mol. The largest absolute Gasteiger partial charge is 0.256 e. The van der Waals surface area contributed by atoms with Gasteiger partial charge in [-0.25, -0.2) is 0 Å². The summed E-state index contributed by atoms with van der Waals surface area (Å²) in [7, 11) is 0. The Balaban J connectivity index is 0.000000147. The molecule has 0 saturated heterocycles. The van der Waals surface area contributed by atoms with Crippen molar-refractivity contribution in [3.63, 3.8) is 0 Å². The summed E-state index contributed by atoms with van der Waals surface area (Å²) in [5.41, 5.74) is 2.12. The zero-order valence-corrected chi connectivity index (χ0v) is 13.9. The molecule has 100 valence electrons. The van der Waals surface area contributed by atoms with E-state index in [0.29, 0.717) is 0 Å². The molecule has 0 aliphatic carbocycles. The smallest absolute Gasteiger partial charge is 0.0701 e. The number of benzene rings is 2. The van der Waals surface area contributed by atoms with Crippen LogP contribution in [-0.4, -0.2) is 9.97 Å². The summed E-state index contributed by atoms with van der Waals surface area (Å²) in [4.78, 5) is 8.36. The number of fused-ring (bicyclic) bond motifs is 2. The van der Waals surface area contributed by atoms with Gasteiger partial charge in [-0.05, 0) is 24.3 Å². The summed E-state index contributed by atoms with van der Waals surface area (Å²) >= 11 is 0. The van der Waals surface area contributed by atoms with E-state index in [1.807, 2.05) is 60.9 Å². The van der Waals surface area contributed by atoms with Crippen LogP contribution in [0.2, 0.25) is 0 Å². The summed E-state index contributed by atoms with van der Waals surface area (Å²) in [5.74, 6) is 0. The number of hydrogen-bond donors (Lipinski definition) is 0. The van der Waals surface area contributed by atoms with Crippen LogP contribution in [0.5, 0.6) is 0 Å². The van der Waals surface area contributed by atoms with E-state index in [1.165, 1.54) is 10.8 Å². The molecule has 0 atom stereocenters. The molecule has 0 bridgehead atoms. The van der Waals surface area contributed by atoms with E-state index in [4.69, 9.17) is 0 Å². The van der Waals surface area contributed by atoms with Gasteiger partial charge < -0.3 is 0 Å². The fourth-order valence-electron chi connectivity index (χ4n) is 2.03. The van der Waals surface area contributed by atoms with Crippen molar-refractivity contribution in [2.24, 2.45) is 0 Å². The summed E-state index contributed by atoms with van der Waals surface area (Å²) in [6, 6.07) is 24.2. The molecule has 4 aromatic rings. The van der Waals surface area contributed by atoms with Crippen molar-refractivity contribution in [3.8, 4) is 0 Å². The minimum absolute atomic E-state index is 0. The standard InChI is InChI=1S/2C9H7N.Zr/c2*1-2-6-9-8(4-1)5-3-7-10-9;/h2*1-7H;. The fourth-order valence-corrected chi connectivity index (χ4v) is 2.03. The second-order valence-corrected chi connectivity index (χ2v) is 4.39. The topological polar surface area (TPSA) is 25.8 Å². The predicted molar refractivity (Wildman–Crippen MR) is 83.5 cm³/mol. The van der Waals surface area contributed by atoms with E-state index >= 15 is 0 Å². The molecule has 0 unspecified atom stereocenters. The molecule has 0 saturated carbocycles. The van der Waals surface area contributed by atoms with E-state index in [2.05, 4.69) is 34.2 Å². The first-order valence-corrected chi connectivity index (χ1v) is 6.53. The monoisotopic (exact) mass is 348 g/mol. The molecule has 2 aromatic heterocycles. The Hall–Kier alpha value is -1.86. The van der Waals surface area contributed by atoms with Gasteiger partial charge in [-0.1, -0.05) is 48.5 Å². The summed E-state index contributed by atoms with van der Waals surface area (Å²) in [5, 5.41) is 2.40. The van der Waals surface area contributed by atoms with Crippen LogP contribution in [0.1, 0.15) is 0 Å². The Labute approximate surface area is 143 Å². The zero-order valence-electron chi connectivity index (χ0n) is 11.5. The minimum Gasteiger partial charge on any atom is -0.256 e. The fraction of sp³-hybridized carbons (Fsp3) is 0. The second kappa shape index (κ2) is 7.80. The minimum atomic E-state index is 0. The Bertz CT molecular complexity index is 628. The zero-order chi connectivity index (χ0) is 13.6. The van der Waals surface area contributed by atoms with Crippen molar-refractivity contribution in [1.82, 2.24) is 9.97 Å². The molecule has 0 spiro atoms. The van der Waals surface area contributed by atoms with Crippen LogP contribution in [0.3, 0.4) is 0 Å². The first-order chi connectivity index (χ1) is 9.93. The van der Waals surface area contributed by atoms with Gasteiger partial charge in [-0.2, -0.15) is 0 Å². The van der Waals surface area contributed by atoms with Gasteiger partial charge in [-0.15, -0.1) is 0 Å². The molecule has 3 heteroatoms. The molecule has 0 radical (unpaired) electrons. The van der Waals surface area contributed by atoms with E-state index in [0.717, 1.165) is 11.0 Å². The first-order valence-electron chi connectivity index (χ1n) is 6.53. The Morgan fingerprint density at radius 2 is 0.857 bits per heavy atom. The predicted octanol–water partition coefficient (Wildman–Crippen LogP) is 4.47. The van der Waals surface area contributed by atoms with Crippen molar-refractivity contribution < 1.29 is 26.2 Å². The summed E-state index contributed by atoms with van der Waals surface area (Å²) < 4.78 is 0. The molecule has 2 nitrogen and oxygen atoms in total. The van der Waals surface area contributed by atoms with Crippen molar-refractivity contribution in [3.05, 3.63) is 85.2 Å². The van der Waals surface area contributed by atoms with Crippen LogP contribution in [0.4, 0.5) is 0 Å². The molecule has 0 aliphatic heterocycles. The third-order valence-electron chi connectivity index (χ3n) is 3.02. The Morgan fingerprint density at radius 1 is 0.476 bits per heavy atom. The molecule has 4 rings (SSSR count). The van der Waals surface area contributed by atoms with Gasteiger partial charge in [0.1, 0.15) is 0 Å². The summed E-state index contributed by atoms with van der Waals surface area (Å²) in [6.45, 7) is 0. The third-order valence-corrected chi connectivity index (χ3v) is 3.02. The molecule has 0 amide bonds. The molecule has 0 aliphatic rings. The average Bonchev–Trinajstić information content (AvgIpc) is 2.56. The van der Waals surface area contributed by atoms with Crippen LogP contribution in [0.25, 0.3) is 21.8 Å². The maximum atomic E-state index is 4.18.